The second-order valence-electron chi connectivity index (χ2n) is 6.25. The predicted molar refractivity (Wildman–Crippen MR) is 75.5 cm³/mol. The van der Waals surface area contributed by atoms with Crippen molar-refractivity contribution in [1.29, 1.82) is 0 Å². The van der Waals surface area contributed by atoms with Crippen LogP contribution in [0.3, 0.4) is 0 Å². The molecule has 0 amide bonds. The van der Waals surface area contributed by atoms with Gasteiger partial charge in [0.15, 0.2) is 0 Å². The highest BCUT2D eigenvalue weighted by Crippen LogP contribution is 2.30. The van der Waals surface area contributed by atoms with Crippen molar-refractivity contribution in [1.82, 2.24) is 10.2 Å². The van der Waals surface area contributed by atoms with Crippen molar-refractivity contribution >= 4 is 5.97 Å². The van der Waals surface area contributed by atoms with Crippen LogP contribution in [0.25, 0.3) is 0 Å². The highest BCUT2D eigenvalue weighted by Gasteiger charge is 2.36. The van der Waals surface area contributed by atoms with Crippen molar-refractivity contribution in [2.24, 2.45) is 0 Å². The van der Waals surface area contributed by atoms with Crippen LogP contribution in [0, 0.1) is 0 Å². The molecule has 0 radical (unpaired) electrons. The molecule has 0 aromatic heterocycles. The maximum absolute atomic E-state index is 11.8. The lowest BCUT2D eigenvalue weighted by Gasteiger charge is -2.38. The van der Waals surface area contributed by atoms with E-state index in [9.17, 15) is 4.79 Å². The number of nitrogens with one attached hydrogen (secondary N) is 1. The van der Waals surface area contributed by atoms with E-state index in [1.807, 2.05) is 0 Å². The number of fused-ring (bicyclic) bond motifs is 1. The molecule has 3 fully saturated rings. The summed E-state index contributed by atoms with van der Waals surface area (Å²) in [6.45, 7) is 2.79. The minimum Gasteiger partial charge on any atom is -0.468 e. The number of carbonyl (C=O) groups excluding carboxylic acids is 1. The number of methoxy groups -OCH3 is 1. The zero-order valence-corrected chi connectivity index (χ0v) is 12.3. The molecule has 0 spiro atoms. The summed E-state index contributed by atoms with van der Waals surface area (Å²) in [4.78, 5) is 14.4. The molecule has 2 aliphatic carbocycles. The van der Waals surface area contributed by atoms with E-state index in [2.05, 4.69) is 10.2 Å². The molecule has 0 aromatic carbocycles. The predicted octanol–water partition coefficient (Wildman–Crippen LogP) is 0.923. The van der Waals surface area contributed by atoms with Crippen molar-refractivity contribution < 1.29 is 14.3 Å². The normalized spacial score (nSPS) is 31.9. The van der Waals surface area contributed by atoms with Gasteiger partial charge in [0.2, 0.25) is 0 Å². The third kappa shape index (κ3) is 3.32. The van der Waals surface area contributed by atoms with Gasteiger partial charge in [0.05, 0.1) is 19.8 Å². The fourth-order valence-corrected chi connectivity index (χ4v) is 3.52. The Morgan fingerprint density at radius 3 is 3.00 bits per heavy atom. The van der Waals surface area contributed by atoms with Crippen molar-refractivity contribution in [3.63, 3.8) is 0 Å². The molecule has 3 atom stereocenters. The molecule has 2 saturated carbocycles. The Balaban J connectivity index is 1.51. The van der Waals surface area contributed by atoms with E-state index in [1.165, 1.54) is 39.2 Å². The van der Waals surface area contributed by atoms with Gasteiger partial charge in [-0.1, -0.05) is 0 Å². The van der Waals surface area contributed by atoms with Gasteiger partial charge in [-0.05, 0) is 38.5 Å². The van der Waals surface area contributed by atoms with E-state index in [0.717, 1.165) is 26.1 Å². The standard InChI is InChI=1S/C15H26N2O3/c1-19-15(18)12(16-11-5-6-11)7-8-17-9-10-20-14-4-2-3-13(14)17/h11-14,16H,2-10H2,1H3. The molecule has 20 heavy (non-hydrogen) atoms. The summed E-state index contributed by atoms with van der Waals surface area (Å²) < 4.78 is 10.8. The number of morpholine rings is 1. The second kappa shape index (κ2) is 6.41. The zero-order valence-electron chi connectivity index (χ0n) is 12.3. The lowest BCUT2D eigenvalue weighted by molar-refractivity contribution is -0.143. The van der Waals surface area contributed by atoms with Gasteiger partial charge in [-0.2, -0.15) is 0 Å². The first-order valence-corrected chi connectivity index (χ1v) is 7.97. The van der Waals surface area contributed by atoms with Crippen molar-refractivity contribution in [2.45, 2.75) is 62.8 Å². The fraction of sp³-hybridized carbons (Fsp3) is 0.933. The SMILES string of the molecule is COC(=O)C(CCN1CCOC2CCCC21)NC1CC1. The van der Waals surface area contributed by atoms with Crippen LogP contribution < -0.4 is 5.32 Å². The monoisotopic (exact) mass is 282 g/mol. The molecule has 1 heterocycles. The van der Waals surface area contributed by atoms with Crippen LogP contribution >= 0.6 is 0 Å². The average Bonchev–Trinajstić information content (AvgIpc) is 3.16. The summed E-state index contributed by atoms with van der Waals surface area (Å²) in [6, 6.07) is 0.959. The molecule has 114 valence electrons. The Bertz CT molecular complexity index is 346. The lowest BCUT2D eigenvalue weighted by Crippen LogP contribution is -2.50. The van der Waals surface area contributed by atoms with Gasteiger partial charge in [0, 0.05) is 25.2 Å². The quantitative estimate of drug-likeness (QED) is 0.734. The highest BCUT2D eigenvalue weighted by atomic mass is 16.5. The van der Waals surface area contributed by atoms with Crippen LogP contribution in [-0.4, -0.2) is 61.9 Å². The van der Waals surface area contributed by atoms with E-state index >= 15 is 0 Å². The number of hydrogen-bond donors (Lipinski definition) is 1. The van der Waals surface area contributed by atoms with Crippen LogP contribution in [0.2, 0.25) is 0 Å². The van der Waals surface area contributed by atoms with Gasteiger partial charge in [0.1, 0.15) is 6.04 Å². The maximum Gasteiger partial charge on any atom is 0.322 e. The first-order valence-electron chi connectivity index (χ1n) is 7.97. The minimum atomic E-state index is -0.143. The molecule has 1 N–H and O–H groups in total. The summed E-state index contributed by atoms with van der Waals surface area (Å²) in [7, 11) is 1.48. The van der Waals surface area contributed by atoms with Gasteiger partial charge in [-0.3, -0.25) is 9.69 Å². The lowest BCUT2D eigenvalue weighted by atomic mass is 10.1. The molecule has 0 bridgehead atoms. The van der Waals surface area contributed by atoms with Gasteiger partial charge in [-0.15, -0.1) is 0 Å². The Hall–Kier alpha value is -0.650. The molecular formula is C15H26N2O3. The van der Waals surface area contributed by atoms with Crippen LogP contribution in [0.4, 0.5) is 0 Å². The molecule has 5 heteroatoms. The summed E-state index contributed by atoms with van der Waals surface area (Å²) in [6.07, 6.45) is 7.35. The summed E-state index contributed by atoms with van der Waals surface area (Å²) >= 11 is 0. The number of esters is 1. The zero-order chi connectivity index (χ0) is 13.9. The van der Waals surface area contributed by atoms with Crippen LogP contribution in [0.1, 0.15) is 38.5 Å². The number of nitrogens with zero attached hydrogens (tertiary/aromatic N) is 1. The molecule has 0 aromatic rings. The van der Waals surface area contributed by atoms with E-state index in [4.69, 9.17) is 9.47 Å². The Morgan fingerprint density at radius 1 is 1.40 bits per heavy atom. The number of ether oxygens (including phenoxy) is 2. The third-order valence-corrected chi connectivity index (χ3v) is 4.80. The topological polar surface area (TPSA) is 50.8 Å². The van der Waals surface area contributed by atoms with Gasteiger partial charge in [0.25, 0.3) is 0 Å². The largest absolute Gasteiger partial charge is 0.468 e. The van der Waals surface area contributed by atoms with E-state index in [0.29, 0.717) is 18.2 Å². The van der Waals surface area contributed by atoms with Crippen LogP contribution in [0.5, 0.6) is 0 Å². The van der Waals surface area contributed by atoms with E-state index in [1.54, 1.807) is 0 Å². The molecule has 3 unspecified atom stereocenters. The molecule has 1 saturated heterocycles. The molecule has 3 rings (SSSR count). The van der Waals surface area contributed by atoms with Crippen molar-refractivity contribution in [3.05, 3.63) is 0 Å². The van der Waals surface area contributed by atoms with Gasteiger partial charge < -0.3 is 14.8 Å². The molecular weight excluding hydrogens is 256 g/mol. The van der Waals surface area contributed by atoms with Crippen LogP contribution in [-0.2, 0) is 14.3 Å². The van der Waals surface area contributed by atoms with Crippen LogP contribution in [0.15, 0.2) is 0 Å². The Morgan fingerprint density at radius 2 is 2.25 bits per heavy atom. The smallest absolute Gasteiger partial charge is 0.322 e. The van der Waals surface area contributed by atoms with Crippen molar-refractivity contribution in [3.8, 4) is 0 Å². The van der Waals surface area contributed by atoms with Gasteiger partial charge >= 0.3 is 5.97 Å². The fourth-order valence-electron chi connectivity index (χ4n) is 3.52. The maximum atomic E-state index is 11.8. The van der Waals surface area contributed by atoms with E-state index in [-0.39, 0.29) is 12.0 Å². The summed E-state index contributed by atoms with van der Waals surface area (Å²) in [5.74, 6) is -0.117. The number of hydrogen-bond acceptors (Lipinski definition) is 5. The second-order valence-corrected chi connectivity index (χ2v) is 6.25. The first kappa shape index (κ1) is 14.3. The summed E-state index contributed by atoms with van der Waals surface area (Å²) in [5.41, 5.74) is 0. The molecule has 1 aliphatic heterocycles. The van der Waals surface area contributed by atoms with Crippen molar-refractivity contribution in [2.75, 3.05) is 26.8 Å². The number of rotatable bonds is 6. The minimum absolute atomic E-state index is 0.117. The van der Waals surface area contributed by atoms with E-state index < -0.39 is 0 Å². The number of carbonyl (C=O) groups is 1. The Kier molecular flexibility index (Phi) is 4.58. The first-order chi connectivity index (χ1) is 9.78. The average molecular weight is 282 g/mol. The highest BCUT2D eigenvalue weighted by molar-refractivity contribution is 5.75. The van der Waals surface area contributed by atoms with Gasteiger partial charge in [-0.25, -0.2) is 0 Å². The Labute approximate surface area is 121 Å². The third-order valence-electron chi connectivity index (χ3n) is 4.80. The summed E-state index contributed by atoms with van der Waals surface area (Å²) in [5, 5.41) is 3.41. The molecule has 5 nitrogen and oxygen atoms in total. The molecule has 3 aliphatic rings.